The number of hydrogen-bond donors (Lipinski definition) is 2. The van der Waals surface area contributed by atoms with E-state index in [9.17, 15) is 5.11 Å². The molecule has 0 spiro atoms. The maximum atomic E-state index is 10.5. The van der Waals surface area contributed by atoms with Gasteiger partial charge < -0.3 is 10.8 Å². The summed E-state index contributed by atoms with van der Waals surface area (Å²) in [7, 11) is 0. The van der Waals surface area contributed by atoms with E-state index in [2.05, 4.69) is 62.3 Å². The minimum atomic E-state index is -0.0555. The largest absolute Gasteiger partial charge is 0.393 e. The highest BCUT2D eigenvalue weighted by atomic mass is 16.3. The van der Waals surface area contributed by atoms with Crippen molar-refractivity contribution in [3.05, 3.63) is 0 Å². The average Bonchev–Trinajstić information content (AvgIpc) is 3.35. The van der Waals surface area contributed by atoms with Gasteiger partial charge in [-0.2, -0.15) is 0 Å². The molecule has 47 heavy (non-hydrogen) atoms. The number of unbranched alkanes of at least 4 members (excludes halogenated alkanes) is 1. The quantitative estimate of drug-likeness (QED) is 0.183. The van der Waals surface area contributed by atoms with E-state index in [0.717, 1.165) is 73.2 Å². The van der Waals surface area contributed by atoms with Gasteiger partial charge in [0.2, 0.25) is 0 Å². The van der Waals surface area contributed by atoms with Gasteiger partial charge in [-0.3, -0.25) is 0 Å². The Morgan fingerprint density at radius 2 is 0.979 bits per heavy atom. The summed E-state index contributed by atoms with van der Waals surface area (Å²) in [5, 5.41) is 10.5. The van der Waals surface area contributed by atoms with Crippen LogP contribution in [0.15, 0.2) is 0 Å². The molecule has 0 aliphatic heterocycles. The third-order valence-corrected chi connectivity index (χ3v) is 17.4. The van der Waals surface area contributed by atoms with E-state index in [0.29, 0.717) is 21.7 Å². The zero-order valence-electron chi connectivity index (χ0n) is 33.5. The first-order valence-corrected chi connectivity index (χ1v) is 21.6. The molecule has 4 rings (SSSR count). The first kappa shape index (κ1) is 39.7. The molecule has 0 bridgehead atoms. The molecule has 4 aliphatic rings. The molecule has 0 aromatic heterocycles. The minimum Gasteiger partial charge on any atom is -0.393 e. The maximum Gasteiger partial charge on any atom is 0.0540 e. The molecule has 0 saturated heterocycles. The van der Waals surface area contributed by atoms with Crippen LogP contribution in [0.5, 0.6) is 0 Å². The van der Waals surface area contributed by atoms with Gasteiger partial charge in [0.25, 0.3) is 0 Å². The Morgan fingerprint density at radius 1 is 0.511 bits per heavy atom. The first-order valence-electron chi connectivity index (χ1n) is 21.6. The Labute approximate surface area is 295 Å². The van der Waals surface area contributed by atoms with Gasteiger partial charge in [-0.25, -0.2) is 0 Å². The lowest BCUT2D eigenvalue weighted by Crippen LogP contribution is -2.49. The van der Waals surface area contributed by atoms with Crippen molar-refractivity contribution in [2.45, 2.75) is 210 Å². The predicted octanol–water partition coefficient (Wildman–Crippen LogP) is 13.0. The van der Waals surface area contributed by atoms with Crippen molar-refractivity contribution < 1.29 is 5.11 Å². The van der Waals surface area contributed by atoms with Crippen LogP contribution >= 0.6 is 0 Å². The van der Waals surface area contributed by atoms with Crippen LogP contribution in [0, 0.1) is 69.0 Å². The fraction of sp³-hybridized carbons (Fsp3) is 1.00. The molecular weight excluding hydrogens is 571 g/mol. The Hall–Kier alpha value is -0.0800. The molecule has 2 nitrogen and oxygen atoms in total. The number of aliphatic hydroxyl groups is 1. The van der Waals surface area contributed by atoms with Gasteiger partial charge in [0.1, 0.15) is 0 Å². The lowest BCUT2D eigenvalue weighted by molar-refractivity contribution is -0.0747. The van der Waals surface area contributed by atoms with Crippen LogP contribution < -0.4 is 5.73 Å². The Kier molecular flexibility index (Phi) is 14.3. The predicted molar refractivity (Wildman–Crippen MR) is 205 cm³/mol. The summed E-state index contributed by atoms with van der Waals surface area (Å²) in [5.74, 6) is 6.88. The van der Waals surface area contributed by atoms with Crippen LogP contribution in [0.2, 0.25) is 0 Å². The van der Waals surface area contributed by atoms with Crippen LogP contribution in [0.25, 0.3) is 0 Å². The van der Waals surface area contributed by atoms with Crippen LogP contribution in [0.4, 0.5) is 0 Å². The number of aliphatic hydroxyl groups excluding tert-OH is 1. The second kappa shape index (κ2) is 17.0. The highest BCUT2D eigenvalue weighted by Crippen LogP contribution is 2.63. The SMILES string of the molecule is CCCCC(C)(C1CCC(C(C)(C)CCN)CC(C2CCC(O)CC2)C1)C(C)(CC)C1CCC(C(C)(C)CC)CC(C2CCCC2)C1. The molecule has 4 saturated carbocycles. The van der Waals surface area contributed by atoms with Crippen molar-refractivity contribution in [1.82, 2.24) is 0 Å². The molecular formula is C45H85NO. The lowest BCUT2D eigenvalue weighted by atomic mass is 9.48. The average molecular weight is 656 g/mol. The summed E-state index contributed by atoms with van der Waals surface area (Å²) in [6.07, 6.45) is 30.0. The number of rotatable bonds is 14. The van der Waals surface area contributed by atoms with E-state index < -0.39 is 0 Å². The van der Waals surface area contributed by atoms with E-state index in [1.165, 1.54) is 122 Å². The molecule has 0 aromatic carbocycles. The Morgan fingerprint density at radius 3 is 1.47 bits per heavy atom. The fourth-order valence-electron chi connectivity index (χ4n) is 12.8. The molecule has 0 heterocycles. The van der Waals surface area contributed by atoms with Gasteiger partial charge in [-0.15, -0.1) is 0 Å². The topological polar surface area (TPSA) is 46.2 Å². The third-order valence-electron chi connectivity index (χ3n) is 17.4. The van der Waals surface area contributed by atoms with Crippen molar-refractivity contribution >= 4 is 0 Å². The van der Waals surface area contributed by atoms with Crippen molar-refractivity contribution in [2.24, 2.45) is 74.7 Å². The van der Waals surface area contributed by atoms with Crippen molar-refractivity contribution in [2.75, 3.05) is 6.54 Å². The highest BCUT2D eigenvalue weighted by Gasteiger charge is 2.54. The Bertz CT molecular complexity index is 911. The third kappa shape index (κ3) is 9.05. The zero-order chi connectivity index (χ0) is 34.5. The zero-order valence-corrected chi connectivity index (χ0v) is 33.5. The monoisotopic (exact) mass is 656 g/mol. The summed E-state index contributed by atoms with van der Waals surface area (Å²) >= 11 is 0. The van der Waals surface area contributed by atoms with Crippen molar-refractivity contribution in [1.29, 1.82) is 0 Å². The second-order valence-electron chi connectivity index (χ2n) is 20.2. The minimum absolute atomic E-state index is 0.0555. The highest BCUT2D eigenvalue weighted by molar-refractivity contribution is 5.04. The summed E-state index contributed by atoms with van der Waals surface area (Å²) in [6, 6.07) is 0. The van der Waals surface area contributed by atoms with Crippen LogP contribution in [-0.4, -0.2) is 17.8 Å². The van der Waals surface area contributed by atoms with Gasteiger partial charge in [0, 0.05) is 0 Å². The normalized spacial score (nSPS) is 36.3. The van der Waals surface area contributed by atoms with E-state index in [1.54, 1.807) is 0 Å². The van der Waals surface area contributed by atoms with Gasteiger partial charge >= 0.3 is 0 Å². The van der Waals surface area contributed by atoms with Gasteiger partial charge in [-0.1, -0.05) is 107 Å². The summed E-state index contributed by atoms with van der Waals surface area (Å²) in [6.45, 7) is 24.3. The molecule has 4 fully saturated rings. The van der Waals surface area contributed by atoms with Crippen LogP contribution in [-0.2, 0) is 0 Å². The van der Waals surface area contributed by atoms with E-state index >= 15 is 0 Å². The lowest BCUT2D eigenvalue weighted by Gasteiger charge is -2.56. The maximum absolute atomic E-state index is 10.5. The van der Waals surface area contributed by atoms with E-state index in [-0.39, 0.29) is 6.10 Å². The van der Waals surface area contributed by atoms with Crippen molar-refractivity contribution in [3.8, 4) is 0 Å². The molecule has 0 radical (unpaired) electrons. The van der Waals surface area contributed by atoms with Gasteiger partial charge in [0.05, 0.1) is 6.10 Å². The summed E-state index contributed by atoms with van der Waals surface area (Å²) in [4.78, 5) is 0. The number of nitrogens with two attached hydrogens (primary N) is 1. The molecule has 2 heteroatoms. The molecule has 8 atom stereocenters. The van der Waals surface area contributed by atoms with Crippen LogP contribution in [0.1, 0.15) is 204 Å². The smallest absolute Gasteiger partial charge is 0.0540 e. The Balaban J connectivity index is 1.71. The second-order valence-corrected chi connectivity index (χ2v) is 20.2. The number of hydrogen-bond acceptors (Lipinski definition) is 2. The van der Waals surface area contributed by atoms with Gasteiger partial charge in [0.15, 0.2) is 0 Å². The molecule has 3 N–H and O–H groups in total. The molecule has 0 amide bonds. The van der Waals surface area contributed by atoms with Crippen molar-refractivity contribution in [3.63, 3.8) is 0 Å². The molecule has 8 unspecified atom stereocenters. The first-order chi connectivity index (χ1) is 22.2. The van der Waals surface area contributed by atoms with E-state index in [4.69, 9.17) is 5.73 Å². The summed E-state index contributed by atoms with van der Waals surface area (Å²) < 4.78 is 0. The van der Waals surface area contributed by atoms with Gasteiger partial charge in [-0.05, 0) is 172 Å². The fourth-order valence-corrected chi connectivity index (χ4v) is 12.8. The standard InChI is InChI=1S/C45H85NO/c1-10-13-26-45(9,40-23-21-38(43(6,7)27-28-46)30-36(32-40)34-18-24-41(47)25-19-34)44(8,12-3)39-22-20-37(42(4,5)11-2)29-35(31-39)33-16-14-15-17-33/h33-41,47H,10-32,46H2,1-9H3. The molecule has 4 aliphatic carbocycles. The molecule has 276 valence electrons. The van der Waals surface area contributed by atoms with E-state index in [1.807, 2.05) is 0 Å². The molecule has 0 aromatic rings. The van der Waals surface area contributed by atoms with Crippen LogP contribution in [0.3, 0.4) is 0 Å². The summed E-state index contributed by atoms with van der Waals surface area (Å²) in [5.41, 5.74) is 7.80.